The SMILES string of the molecule is Cc1cc(C#N)ccc1CSc1ncnc2nc[nH]c12. The summed E-state index contributed by atoms with van der Waals surface area (Å²) in [4.78, 5) is 15.6. The quantitative estimate of drug-likeness (QED) is 0.590. The van der Waals surface area contributed by atoms with E-state index in [0.717, 1.165) is 21.9 Å². The molecule has 20 heavy (non-hydrogen) atoms. The largest absolute Gasteiger partial charge is 0.341 e. The number of rotatable bonds is 3. The summed E-state index contributed by atoms with van der Waals surface area (Å²) < 4.78 is 0. The van der Waals surface area contributed by atoms with E-state index in [0.29, 0.717) is 11.2 Å². The lowest BCUT2D eigenvalue weighted by molar-refractivity contribution is 1.08. The number of thioether (sulfide) groups is 1. The lowest BCUT2D eigenvalue weighted by atomic mass is 10.1. The summed E-state index contributed by atoms with van der Waals surface area (Å²) in [6, 6.07) is 7.89. The molecule has 98 valence electrons. The molecule has 5 nitrogen and oxygen atoms in total. The van der Waals surface area contributed by atoms with Gasteiger partial charge in [-0.15, -0.1) is 0 Å². The summed E-state index contributed by atoms with van der Waals surface area (Å²) in [6.45, 7) is 2.02. The Bertz CT molecular complexity index is 803. The zero-order valence-electron chi connectivity index (χ0n) is 10.8. The van der Waals surface area contributed by atoms with Gasteiger partial charge in [0.15, 0.2) is 5.65 Å². The smallest absolute Gasteiger partial charge is 0.181 e. The molecule has 1 aromatic carbocycles. The maximum Gasteiger partial charge on any atom is 0.181 e. The van der Waals surface area contributed by atoms with Crippen molar-refractivity contribution in [2.75, 3.05) is 0 Å². The highest BCUT2D eigenvalue weighted by Gasteiger charge is 2.08. The van der Waals surface area contributed by atoms with Crippen molar-refractivity contribution in [3.8, 4) is 6.07 Å². The molecule has 1 N–H and O–H groups in total. The van der Waals surface area contributed by atoms with Gasteiger partial charge in [0, 0.05) is 5.75 Å². The minimum Gasteiger partial charge on any atom is -0.341 e. The first-order valence-electron chi connectivity index (χ1n) is 6.04. The van der Waals surface area contributed by atoms with E-state index >= 15 is 0 Å². The van der Waals surface area contributed by atoms with Crippen molar-refractivity contribution in [2.45, 2.75) is 17.7 Å². The first-order valence-corrected chi connectivity index (χ1v) is 7.03. The molecule has 0 atom stereocenters. The third kappa shape index (κ3) is 2.36. The second-order valence-corrected chi connectivity index (χ2v) is 5.29. The van der Waals surface area contributed by atoms with Gasteiger partial charge >= 0.3 is 0 Å². The molecular formula is C14H11N5S. The van der Waals surface area contributed by atoms with Crippen LogP contribution in [-0.2, 0) is 5.75 Å². The topological polar surface area (TPSA) is 78.2 Å². The molecule has 2 aromatic heterocycles. The maximum atomic E-state index is 8.87. The number of nitriles is 1. The summed E-state index contributed by atoms with van der Waals surface area (Å²) in [5.74, 6) is 0.794. The number of H-pyrrole nitrogens is 1. The first kappa shape index (κ1) is 12.6. The lowest BCUT2D eigenvalue weighted by Gasteiger charge is -2.06. The summed E-state index contributed by atoms with van der Waals surface area (Å²) in [7, 11) is 0. The van der Waals surface area contributed by atoms with Crippen molar-refractivity contribution in [3.63, 3.8) is 0 Å². The number of fused-ring (bicyclic) bond motifs is 1. The molecule has 0 unspecified atom stereocenters. The van der Waals surface area contributed by atoms with Crippen LogP contribution in [-0.4, -0.2) is 19.9 Å². The van der Waals surface area contributed by atoms with E-state index in [9.17, 15) is 0 Å². The molecule has 0 aliphatic heterocycles. The normalized spacial score (nSPS) is 10.6. The first-order chi connectivity index (χ1) is 9.78. The molecule has 2 heterocycles. The number of nitrogens with zero attached hydrogens (tertiary/aromatic N) is 4. The molecule has 0 amide bonds. The fraction of sp³-hybridized carbons (Fsp3) is 0.143. The Balaban J connectivity index is 1.83. The summed E-state index contributed by atoms with van der Waals surface area (Å²) in [5, 5.41) is 9.76. The molecule has 0 spiro atoms. The van der Waals surface area contributed by atoms with Gasteiger partial charge < -0.3 is 4.98 Å². The van der Waals surface area contributed by atoms with Crippen LogP contribution in [0.1, 0.15) is 16.7 Å². The van der Waals surface area contributed by atoms with Gasteiger partial charge in [-0.3, -0.25) is 0 Å². The number of aromatic amines is 1. The summed E-state index contributed by atoms with van der Waals surface area (Å²) in [6.07, 6.45) is 3.15. The van der Waals surface area contributed by atoms with Gasteiger partial charge in [0.25, 0.3) is 0 Å². The summed E-state index contributed by atoms with van der Waals surface area (Å²) >= 11 is 1.63. The number of aromatic nitrogens is 4. The standard InChI is InChI=1S/C14H11N5S/c1-9-4-10(5-15)2-3-11(9)6-20-14-12-13(17-7-16-12)18-8-19-14/h2-4,7-8H,6H2,1H3,(H,16,17,18,19). The van der Waals surface area contributed by atoms with Crippen molar-refractivity contribution in [1.29, 1.82) is 5.26 Å². The fourth-order valence-electron chi connectivity index (χ4n) is 1.93. The van der Waals surface area contributed by atoms with Crippen LogP contribution in [0.25, 0.3) is 11.2 Å². The molecule has 6 heteroatoms. The average molecular weight is 281 g/mol. The average Bonchev–Trinajstić information content (AvgIpc) is 2.95. The minimum atomic E-state index is 0.680. The van der Waals surface area contributed by atoms with E-state index in [-0.39, 0.29) is 0 Å². The van der Waals surface area contributed by atoms with Crippen molar-refractivity contribution >= 4 is 22.9 Å². The Morgan fingerprint density at radius 3 is 3.00 bits per heavy atom. The van der Waals surface area contributed by atoms with Crippen LogP contribution in [0.4, 0.5) is 0 Å². The molecule has 3 rings (SSSR count). The minimum absolute atomic E-state index is 0.680. The molecular weight excluding hydrogens is 270 g/mol. The molecule has 0 aliphatic rings. The Labute approximate surface area is 120 Å². The van der Waals surface area contributed by atoms with Gasteiger partial charge in [-0.05, 0) is 30.2 Å². The van der Waals surface area contributed by atoms with Crippen LogP contribution in [0.3, 0.4) is 0 Å². The van der Waals surface area contributed by atoms with E-state index in [1.165, 1.54) is 11.9 Å². The highest BCUT2D eigenvalue weighted by Crippen LogP contribution is 2.26. The van der Waals surface area contributed by atoms with E-state index < -0.39 is 0 Å². The number of hydrogen-bond donors (Lipinski definition) is 1. The van der Waals surface area contributed by atoms with E-state index in [4.69, 9.17) is 5.26 Å². The second-order valence-electron chi connectivity index (χ2n) is 4.32. The van der Waals surface area contributed by atoms with Gasteiger partial charge in [-0.1, -0.05) is 17.8 Å². The molecule has 0 saturated heterocycles. The highest BCUT2D eigenvalue weighted by atomic mass is 32.2. The van der Waals surface area contributed by atoms with Crippen molar-refractivity contribution < 1.29 is 0 Å². The van der Waals surface area contributed by atoms with Crippen LogP contribution >= 0.6 is 11.8 Å². The zero-order chi connectivity index (χ0) is 13.9. The third-order valence-electron chi connectivity index (χ3n) is 3.02. The Morgan fingerprint density at radius 1 is 1.30 bits per heavy atom. The number of benzene rings is 1. The molecule has 3 aromatic rings. The molecule has 0 radical (unpaired) electrons. The van der Waals surface area contributed by atoms with Crippen LogP contribution in [0.15, 0.2) is 35.9 Å². The van der Waals surface area contributed by atoms with Crippen LogP contribution < -0.4 is 0 Å². The lowest BCUT2D eigenvalue weighted by Crippen LogP contribution is -1.90. The van der Waals surface area contributed by atoms with Gasteiger partial charge in [-0.2, -0.15) is 5.26 Å². The molecule has 0 aliphatic carbocycles. The molecule has 0 saturated carbocycles. The van der Waals surface area contributed by atoms with E-state index in [2.05, 4.69) is 26.0 Å². The van der Waals surface area contributed by atoms with E-state index in [1.54, 1.807) is 18.1 Å². The van der Waals surface area contributed by atoms with Crippen LogP contribution in [0, 0.1) is 18.3 Å². The zero-order valence-corrected chi connectivity index (χ0v) is 11.6. The number of nitrogens with one attached hydrogen (secondary N) is 1. The van der Waals surface area contributed by atoms with Gasteiger partial charge in [-0.25, -0.2) is 15.0 Å². The Morgan fingerprint density at radius 2 is 2.20 bits per heavy atom. The number of hydrogen-bond acceptors (Lipinski definition) is 5. The fourth-order valence-corrected chi connectivity index (χ4v) is 2.96. The van der Waals surface area contributed by atoms with Crippen molar-refractivity contribution in [3.05, 3.63) is 47.5 Å². The van der Waals surface area contributed by atoms with E-state index in [1.807, 2.05) is 25.1 Å². The van der Waals surface area contributed by atoms with Gasteiger partial charge in [0.1, 0.15) is 16.9 Å². The molecule has 0 fully saturated rings. The maximum absolute atomic E-state index is 8.87. The molecule has 0 bridgehead atoms. The van der Waals surface area contributed by atoms with Gasteiger partial charge in [0.05, 0.1) is 18.0 Å². The van der Waals surface area contributed by atoms with Crippen molar-refractivity contribution in [2.24, 2.45) is 0 Å². The predicted octanol–water partition coefficient (Wildman–Crippen LogP) is 2.83. The predicted molar refractivity (Wildman–Crippen MR) is 77.1 cm³/mol. The Hall–Kier alpha value is -2.39. The van der Waals surface area contributed by atoms with Gasteiger partial charge in [0.2, 0.25) is 0 Å². The monoisotopic (exact) mass is 281 g/mol. The van der Waals surface area contributed by atoms with Crippen LogP contribution in [0.5, 0.6) is 0 Å². The number of aryl methyl sites for hydroxylation is 1. The van der Waals surface area contributed by atoms with Crippen LogP contribution in [0.2, 0.25) is 0 Å². The third-order valence-corrected chi connectivity index (χ3v) is 4.06. The summed E-state index contributed by atoms with van der Waals surface area (Å²) in [5.41, 5.74) is 4.55. The highest BCUT2D eigenvalue weighted by molar-refractivity contribution is 7.98. The number of imidazole rings is 1. The second kappa shape index (κ2) is 5.31. The van der Waals surface area contributed by atoms with Crippen molar-refractivity contribution in [1.82, 2.24) is 19.9 Å². The Kier molecular flexibility index (Phi) is 3.35.